The quantitative estimate of drug-likeness (QED) is 0.347. The number of nitrogen functional groups attached to an aromatic ring is 1. The number of nitrogens with two attached hydrogens (primary N) is 1. The SMILES string of the molecule is Nc1c2c(cc(=O)n1-c1cc([N+](=O)[O-])cc([N+](=O)[O-])c1CCO)C(=O)NC2=O. The van der Waals surface area contributed by atoms with E-state index in [1.807, 2.05) is 5.32 Å². The first-order chi connectivity index (χ1) is 13.2. The molecule has 0 saturated heterocycles. The molecule has 13 nitrogen and oxygen atoms in total. The standard InChI is InChI=1S/C15H11N5O8/c16-13-12-8(14(23)17-15(12)24)5-11(22)18(13)9-3-6(19(25)26)4-10(20(27)28)7(9)1-2-21/h3-5,21H,1-2,16H2,(H,17,23,24). The van der Waals surface area contributed by atoms with Gasteiger partial charge in [0.15, 0.2) is 0 Å². The molecule has 1 aromatic carbocycles. The van der Waals surface area contributed by atoms with Crippen LogP contribution >= 0.6 is 0 Å². The van der Waals surface area contributed by atoms with Gasteiger partial charge in [-0.2, -0.15) is 0 Å². The van der Waals surface area contributed by atoms with Crippen molar-refractivity contribution in [3.63, 3.8) is 0 Å². The Morgan fingerprint density at radius 2 is 1.75 bits per heavy atom. The minimum atomic E-state index is -0.935. The number of carbonyl (C=O) groups excluding carboxylic acids is 2. The minimum absolute atomic E-state index is 0.198. The van der Waals surface area contributed by atoms with Gasteiger partial charge in [-0.05, 0) is 0 Å². The van der Waals surface area contributed by atoms with Crippen molar-refractivity contribution < 1.29 is 24.5 Å². The molecule has 2 aromatic rings. The molecule has 0 spiro atoms. The van der Waals surface area contributed by atoms with Crippen LogP contribution in [0.15, 0.2) is 23.0 Å². The van der Waals surface area contributed by atoms with Gasteiger partial charge in [-0.3, -0.25) is 44.5 Å². The Labute approximate surface area is 154 Å². The summed E-state index contributed by atoms with van der Waals surface area (Å²) in [6.07, 6.45) is -0.322. The minimum Gasteiger partial charge on any atom is -0.396 e. The highest BCUT2D eigenvalue weighted by Gasteiger charge is 2.33. The van der Waals surface area contributed by atoms with Crippen molar-refractivity contribution in [2.45, 2.75) is 6.42 Å². The van der Waals surface area contributed by atoms with E-state index in [1.54, 1.807) is 0 Å². The molecule has 2 amide bonds. The van der Waals surface area contributed by atoms with Gasteiger partial charge in [-0.1, -0.05) is 0 Å². The fourth-order valence-electron chi connectivity index (χ4n) is 2.99. The van der Waals surface area contributed by atoms with Gasteiger partial charge >= 0.3 is 0 Å². The summed E-state index contributed by atoms with van der Waals surface area (Å²) in [5.41, 5.74) is 2.41. The summed E-state index contributed by atoms with van der Waals surface area (Å²) in [4.78, 5) is 57.0. The molecule has 1 aromatic heterocycles. The summed E-state index contributed by atoms with van der Waals surface area (Å²) in [7, 11) is 0. The van der Waals surface area contributed by atoms with Crippen LogP contribution in [0.25, 0.3) is 5.69 Å². The normalized spacial score (nSPS) is 12.6. The average Bonchev–Trinajstić information content (AvgIpc) is 2.89. The molecule has 1 aliphatic heterocycles. The molecule has 13 heteroatoms. The maximum atomic E-state index is 12.6. The van der Waals surface area contributed by atoms with Gasteiger partial charge in [0, 0.05) is 25.2 Å². The third-order valence-corrected chi connectivity index (χ3v) is 4.15. The first kappa shape index (κ1) is 18.7. The number of aliphatic hydroxyl groups is 1. The van der Waals surface area contributed by atoms with E-state index in [-0.39, 0.29) is 28.8 Å². The van der Waals surface area contributed by atoms with Gasteiger partial charge in [0.2, 0.25) is 0 Å². The number of fused-ring (bicyclic) bond motifs is 1. The van der Waals surface area contributed by atoms with Gasteiger partial charge in [-0.15, -0.1) is 0 Å². The number of amides is 2. The Hall–Kier alpha value is -4.13. The van der Waals surface area contributed by atoms with Crippen molar-refractivity contribution in [3.05, 3.63) is 65.5 Å². The van der Waals surface area contributed by atoms with Gasteiger partial charge in [0.1, 0.15) is 5.82 Å². The number of carbonyl (C=O) groups is 2. The van der Waals surface area contributed by atoms with E-state index in [4.69, 9.17) is 5.73 Å². The van der Waals surface area contributed by atoms with Crippen LogP contribution in [0.4, 0.5) is 17.2 Å². The smallest absolute Gasteiger partial charge is 0.281 e. The van der Waals surface area contributed by atoms with Crippen LogP contribution in [0.3, 0.4) is 0 Å². The largest absolute Gasteiger partial charge is 0.396 e. The van der Waals surface area contributed by atoms with Gasteiger partial charge in [-0.25, -0.2) is 0 Å². The number of benzene rings is 1. The molecule has 0 bridgehead atoms. The molecule has 0 radical (unpaired) electrons. The van der Waals surface area contributed by atoms with Crippen LogP contribution in [0, 0.1) is 20.2 Å². The van der Waals surface area contributed by atoms with Crippen molar-refractivity contribution >= 4 is 29.0 Å². The number of nitrogens with zero attached hydrogens (tertiary/aromatic N) is 3. The third kappa shape index (κ3) is 2.75. The average molecular weight is 389 g/mol. The number of aliphatic hydroxyl groups excluding tert-OH is 1. The highest BCUT2D eigenvalue weighted by Crippen LogP contribution is 2.33. The van der Waals surface area contributed by atoms with Gasteiger partial charge < -0.3 is 10.8 Å². The predicted octanol–water partition coefficient (Wildman–Crippen LogP) is -0.346. The molecular formula is C15H11N5O8. The van der Waals surface area contributed by atoms with Crippen LogP contribution in [0.5, 0.6) is 0 Å². The van der Waals surface area contributed by atoms with E-state index in [2.05, 4.69) is 0 Å². The second kappa shape index (κ2) is 6.55. The number of hydrogen-bond acceptors (Lipinski definition) is 9. The monoisotopic (exact) mass is 389 g/mol. The number of pyridine rings is 1. The first-order valence-corrected chi connectivity index (χ1v) is 7.65. The number of imide groups is 1. The van der Waals surface area contributed by atoms with E-state index < -0.39 is 51.0 Å². The number of nitro benzene ring substituents is 2. The molecule has 0 saturated carbocycles. The van der Waals surface area contributed by atoms with Crippen molar-refractivity contribution in [1.29, 1.82) is 0 Å². The van der Waals surface area contributed by atoms with E-state index in [9.17, 15) is 39.7 Å². The van der Waals surface area contributed by atoms with Gasteiger partial charge in [0.05, 0.1) is 38.3 Å². The number of nitrogens with one attached hydrogen (secondary N) is 1. The van der Waals surface area contributed by atoms with E-state index >= 15 is 0 Å². The van der Waals surface area contributed by atoms with E-state index in [0.29, 0.717) is 10.6 Å². The number of hydrogen-bond donors (Lipinski definition) is 3. The molecule has 0 atom stereocenters. The van der Waals surface area contributed by atoms with E-state index in [0.717, 1.165) is 12.1 Å². The molecule has 0 unspecified atom stereocenters. The molecule has 0 fully saturated rings. The Balaban J connectivity index is 2.45. The zero-order chi connectivity index (χ0) is 20.7. The molecule has 3 rings (SSSR count). The van der Waals surface area contributed by atoms with Crippen molar-refractivity contribution in [1.82, 2.24) is 9.88 Å². The molecule has 2 heterocycles. The summed E-state index contributed by atoms with van der Waals surface area (Å²) in [5.74, 6) is -2.23. The van der Waals surface area contributed by atoms with Crippen LogP contribution in [-0.2, 0) is 6.42 Å². The number of anilines is 1. The highest BCUT2D eigenvalue weighted by atomic mass is 16.6. The topological polar surface area (TPSA) is 201 Å². The van der Waals surface area contributed by atoms with Crippen LogP contribution in [-0.4, -0.2) is 37.9 Å². The third-order valence-electron chi connectivity index (χ3n) is 4.15. The lowest BCUT2D eigenvalue weighted by Gasteiger charge is -2.15. The Morgan fingerprint density at radius 1 is 1.07 bits per heavy atom. The maximum Gasteiger partial charge on any atom is 0.281 e. The summed E-state index contributed by atoms with van der Waals surface area (Å²) in [6, 6.07) is 2.37. The van der Waals surface area contributed by atoms with Crippen LogP contribution in [0.2, 0.25) is 0 Å². The lowest BCUT2D eigenvalue weighted by Crippen LogP contribution is -2.25. The predicted molar refractivity (Wildman–Crippen MR) is 92.3 cm³/mol. The number of rotatable bonds is 5. The Kier molecular flexibility index (Phi) is 4.36. The number of aromatic nitrogens is 1. The molecule has 144 valence electrons. The Bertz CT molecular complexity index is 1140. The number of non-ortho nitro benzene ring substituents is 1. The van der Waals surface area contributed by atoms with E-state index in [1.165, 1.54) is 0 Å². The molecule has 1 aliphatic rings. The van der Waals surface area contributed by atoms with Crippen LogP contribution < -0.4 is 16.6 Å². The zero-order valence-electron chi connectivity index (χ0n) is 13.9. The molecule has 4 N–H and O–H groups in total. The second-order valence-corrected chi connectivity index (χ2v) is 5.73. The second-order valence-electron chi connectivity index (χ2n) is 5.73. The summed E-state index contributed by atoms with van der Waals surface area (Å²) in [6.45, 7) is -0.565. The van der Waals surface area contributed by atoms with Crippen molar-refractivity contribution in [2.75, 3.05) is 12.3 Å². The summed E-state index contributed by atoms with van der Waals surface area (Å²) in [5, 5.41) is 33.8. The van der Waals surface area contributed by atoms with Crippen LogP contribution in [0.1, 0.15) is 26.3 Å². The summed E-state index contributed by atoms with van der Waals surface area (Å²) < 4.78 is 0.669. The highest BCUT2D eigenvalue weighted by molar-refractivity contribution is 6.23. The lowest BCUT2D eigenvalue weighted by molar-refractivity contribution is -0.394. The lowest BCUT2D eigenvalue weighted by atomic mass is 10.0. The molecule has 28 heavy (non-hydrogen) atoms. The maximum absolute atomic E-state index is 12.6. The van der Waals surface area contributed by atoms with Gasteiger partial charge in [0.25, 0.3) is 28.7 Å². The zero-order valence-corrected chi connectivity index (χ0v) is 13.9. The van der Waals surface area contributed by atoms with Crippen molar-refractivity contribution in [2.24, 2.45) is 0 Å². The first-order valence-electron chi connectivity index (χ1n) is 7.65. The van der Waals surface area contributed by atoms with Crippen molar-refractivity contribution in [3.8, 4) is 5.69 Å². The fourth-order valence-corrected chi connectivity index (χ4v) is 2.99. The molecular weight excluding hydrogens is 378 g/mol. The number of nitro groups is 2. The fraction of sp³-hybridized carbons (Fsp3) is 0.133. The summed E-state index contributed by atoms with van der Waals surface area (Å²) >= 11 is 0. The Morgan fingerprint density at radius 3 is 2.32 bits per heavy atom. The molecule has 0 aliphatic carbocycles.